The number of aryl methyl sites for hydroxylation is 1. The van der Waals surface area contributed by atoms with Crippen LogP contribution in [0.2, 0.25) is 5.02 Å². The molecule has 1 N–H and O–H groups in total. The van der Waals surface area contributed by atoms with E-state index in [1.807, 2.05) is 23.1 Å². The van der Waals surface area contributed by atoms with E-state index in [4.69, 9.17) is 11.6 Å². The monoisotopic (exact) mass is 292 g/mol. The Bertz CT molecular complexity index is 577. The van der Waals surface area contributed by atoms with Gasteiger partial charge in [0.2, 0.25) is 0 Å². The Kier molecular flexibility index (Phi) is 4.78. The molecule has 2 rings (SSSR count). The second kappa shape index (κ2) is 6.37. The van der Waals surface area contributed by atoms with E-state index < -0.39 is 0 Å². The normalized spacial score (nSPS) is 12.9. The lowest BCUT2D eigenvalue weighted by Gasteiger charge is -2.23. The van der Waals surface area contributed by atoms with Crippen LogP contribution in [0.4, 0.5) is 0 Å². The third-order valence-corrected chi connectivity index (χ3v) is 3.64. The van der Waals surface area contributed by atoms with Crippen molar-refractivity contribution in [1.29, 1.82) is 0 Å². The SMILES string of the molecule is CCNC(c1cnccc1C)c1c(Cl)cnn1C(C)C. The maximum absolute atomic E-state index is 6.38. The van der Waals surface area contributed by atoms with Crippen molar-refractivity contribution in [1.82, 2.24) is 20.1 Å². The number of hydrogen-bond acceptors (Lipinski definition) is 3. The molecule has 2 heterocycles. The predicted octanol–water partition coefficient (Wildman–Crippen LogP) is 3.52. The van der Waals surface area contributed by atoms with Gasteiger partial charge in [0, 0.05) is 18.4 Å². The summed E-state index contributed by atoms with van der Waals surface area (Å²) in [5.74, 6) is 0. The lowest BCUT2D eigenvalue weighted by Crippen LogP contribution is -2.26. The molecule has 0 spiro atoms. The number of nitrogens with zero attached hydrogens (tertiary/aromatic N) is 3. The van der Waals surface area contributed by atoms with Crippen LogP contribution in [0.5, 0.6) is 0 Å². The van der Waals surface area contributed by atoms with Gasteiger partial charge in [-0.3, -0.25) is 9.67 Å². The Morgan fingerprint density at radius 2 is 2.10 bits per heavy atom. The van der Waals surface area contributed by atoms with Crippen molar-refractivity contribution in [3.05, 3.63) is 46.5 Å². The summed E-state index contributed by atoms with van der Waals surface area (Å²) in [6, 6.07) is 2.28. The molecule has 2 aromatic rings. The topological polar surface area (TPSA) is 42.7 Å². The molecule has 108 valence electrons. The summed E-state index contributed by atoms with van der Waals surface area (Å²) in [6.45, 7) is 9.23. The molecule has 0 aliphatic carbocycles. The first-order valence-corrected chi connectivity index (χ1v) is 7.30. The lowest BCUT2D eigenvalue weighted by atomic mass is 10.0. The van der Waals surface area contributed by atoms with E-state index in [1.54, 1.807) is 6.20 Å². The van der Waals surface area contributed by atoms with Crippen LogP contribution < -0.4 is 5.32 Å². The molecule has 0 aliphatic rings. The fraction of sp³-hybridized carbons (Fsp3) is 0.467. The maximum Gasteiger partial charge on any atom is 0.0837 e. The van der Waals surface area contributed by atoms with E-state index >= 15 is 0 Å². The molecular weight excluding hydrogens is 272 g/mol. The van der Waals surface area contributed by atoms with Gasteiger partial charge >= 0.3 is 0 Å². The van der Waals surface area contributed by atoms with E-state index in [0.717, 1.165) is 17.8 Å². The fourth-order valence-electron chi connectivity index (χ4n) is 2.37. The molecule has 0 bridgehead atoms. The van der Waals surface area contributed by atoms with Crippen molar-refractivity contribution in [3.63, 3.8) is 0 Å². The van der Waals surface area contributed by atoms with Crippen LogP contribution in [-0.2, 0) is 0 Å². The molecular formula is C15H21ClN4. The molecule has 0 aromatic carbocycles. The van der Waals surface area contributed by atoms with Crippen molar-refractivity contribution in [2.24, 2.45) is 0 Å². The average molecular weight is 293 g/mol. The van der Waals surface area contributed by atoms with Gasteiger partial charge < -0.3 is 5.32 Å². The second-order valence-electron chi connectivity index (χ2n) is 5.14. The van der Waals surface area contributed by atoms with Crippen LogP contribution in [0.15, 0.2) is 24.7 Å². The smallest absolute Gasteiger partial charge is 0.0837 e. The van der Waals surface area contributed by atoms with Gasteiger partial charge in [0.15, 0.2) is 0 Å². The van der Waals surface area contributed by atoms with Crippen molar-refractivity contribution in [3.8, 4) is 0 Å². The second-order valence-corrected chi connectivity index (χ2v) is 5.55. The summed E-state index contributed by atoms with van der Waals surface area (Å²) in [7, 11) is 0. The quantitative estimate of drug-likeness (QED) is 0.917. The molecule has 1 atom stereocenters. The zero-order valence-corrected chi connectivity index (χ0v) is 13.1. The van der Waals surface area contributed by atoms with Crippen LogP contribution in [0.1, 0.15) is 49.7 Å². The predicted molar refractivity (Wildman–Crippen MR) is 82.1 cm³/mol. The number of nitrogens with one attached hydrogen (secondary N) is 1. The number of rotatable bonds is 5. The molecule has 0 amide bonds. The molecule has 1 unspecified atom stereocenters. The van der Waals surface area contributed by atoms with Gasteiger partial charge in [0.05, 0.1) is 23.0 Å². The van der Waals surface area contributed by atoms with Gasteiger partial charge in [-0.25, -0.2) is 0 Å². The molecule has 4 nitrogen and oxygen atoms in total. The molecule has 5 heteroatoms. The number of pyridine rings is 1. The Morgan fingerprint density at radius 3 is 2.70 bits per heavy atom. The van der Waals surface area contributed by atoms with Crippen LogP contribution in [0.25, 0.3) is 0 Å². The van der Waals surface area contributed by atoms with Crippen molar-refractivity contribution in [2.45, 2.75) is 39.8 Å². The van der Waals surface area contributed by atoms with Gasteiger partial charge in [-0.2, -0.15) is 5.10 Å². The molecule has 20 heavy (non-hydrogen) atoms. The molecule has 0 saturated heterocycles. The fourth-order valence-corrected chi connectivity index (χ4v) is 2.61. The Balaban J connectivity index is 2.55. The summed E-state index contributed by atoms with van der Waals surface area (Å²) in [4.78, 5) is 4.25. The van der Waals surface area contributed by atoms with Gasteiger partial charge in [0.1, 0.15) is 0 Å². The van der Waals surface area contributed by atoms with Crippen LogP contribution in [-0.4, -0.2) is 21.3 Å². The van der Waals surface area contributed by atoms with Crippen molar-refractivity contribution in [2.75, 3.05) is 6.54 Å². The summed E-state index contributed by atoms with van der Waals surface area (Å²) in [6.07, 6.45) is 5.42. The highest BCUT2D eigenvalue weighted by molar-refractivity contribution is 6.31. The molecule has 2 aromatic heterocycles. The van der Waals surface area contributed by atoms with Crippen LogP contribution >= 0.6 is 11.6 Å². The lowest BCUT2D eigenvalue weighted by molar-refractivity contribution is 0.475. The van der Waals surface area contributed by atoms with E-state index in [-0.39, 0.29) is 12.1 Å². The Morgan fingerprint density at radius 1 is 1.35 bits per heavy atom. The molecule has 0 saturated carbocycles. The number of halogens is 1. The van der Waals surface area contributed by atoms with Gasteiger partial charge in [-0.15, -0.1) is 0 Å². The third kappa shape index (κ3) is 2.86. The standard InChI is InChI=1S/C15H21ClN4/c1-5-18-14(12-8-17-7-6-11(12)4)15-13(16)9-19-20(15)10(2)3/h6-10,14,18H,5H2,1-4H3. The molecule has 0 fully saturated rings. The van der Waals surface area contributed by atoms with Gasteiger partial charge in [-0.1, -0.05) is 18.5 Å². The number of aromatic nitrogens is 3. The third-order valence-electron chi connectivity index (χ3n) is 3.35. The first kappa shape index (κ1) is 15.0. The zero-order valence-electron chi connectivity index (χ0n) is 12.4. The average Bonchev–Trinajstić information content (AvgIpc) is 2.79. The highest BCUT2D eigenvalue weighted by Crippen LogP contribution is 2.31. The van der Waals surface area contributed by atoms with Gasteiger partial charge in [0.25, 0.3) is 0 Å². The van der Waals surface area contributed by atoms with E-state index in [9.17, 15) is 0 Å². The highest BCUT2D eigenvalue weighted by Gasteiger charge is 2.24. The summed E-state index contributed by atoms with van der Waals surface area (Å²) in [5, 5.41) is 8.58. The number of hydrogen-bond donors (Lipinski definition) is 1. The first-order valence-electron chi connectivity index (χ1n) is 6.93. The van der Waals surface area contributed by atoms with E-state index in [0.29, 0.717) is 5.02 Å². The van der Waals surface area contributed by atoms with Crippen molar-refractivity contribution >= 4 is 11.6 Å². The minimum Gasteiger partial charge on any atom is -0.305 e. The zero-order chi connectivity index (χ0) is 14.7. The summed E-state index contributed by atoms with van der Waals surface area (Å²) < 4.78 is 1.97. The molecule has 0 radical (unpaired) electrons. The van der Waals surface area contributed by atoms with E-state index in [1.165, 1.54) is 5.56 Å². The Labute approximate surface area is 125 Å². The van der Waals surface area contributed by atoms with Crippen molar-refractivity contribution < 1.29 is 0 Å². The van der Waals surface area contributed by atoms with Crippen LogP contribution in [0.3, 0.4) is 0 Å². The van der Waals surface area contributed by atoms with Crippen LogP contribution in [0, 0.1) is 6.92 Å². The summed E-state index contributed by atoms with van der Waals surface area (Å²) >= 11 is 6.38. The minimum absolute atomic E-state index is 0.00565. The molecule has 0 aliphatic heterocycles. The van der Waals surface area contributed by atoms with E-state index in [2.05, 4.69) is 43.1 Å². The highest BCUT2D eigenvalue weighted by atomic mass is 35.5. The summed E-state index contributed by atoms with van der Waals surface area (Å²) in [5.41, 5.74) is 3.33. The largest absolute Gasteiger partial charge is 0.305 e. The Hall–Kier alpha value is -1.39. The maximum atomic E-state index is 6.38. The van der Waals surface area contributed by atoms with Gasteiger partial charge in [-0.05, 0) is 44.5 Å². The first-order chi connectivity index (χ1) is 9.56. The minimum atomic E-state index is 0.00565.